The molecule has 0 aliphatic heterocycles. The predicted octanol–water partition coefficient (Wildman–Crippen LogP) is 3.76. The van der Waals surface area contributed by atoms with Crippen molar-refractivity contribution in [3.8, 4) is 11.5 Å². The lowest BCUT2D eigenvalue weighted by Gasteiger charge is -2.27. The van der Waals surface area contributed by atoms with E-state index in [4.69, 9.17) is 14.2 Å². The molecule has 30 heavy (non-hydrogen) atoms. The summed E-state index contributed by atoms with van der Waals surface area (Å²) in [5, 5.41) is 3.04. The number of ether oxygens (including phenoxy) is 3. The highest BCUT2D eigenvalue weighted by Gasteiger charge is 2.25. The van der Waals surface area contributed by atoms with Crippen molar-refractivity contribution in [1.82, 2.24) is 5.32 Å². The number of carbonyl (C=O) groups excluding carboxylic acids is 2. The lowest BCUT2D eigenvalue weighted by atomic mass is 9.87. The first-order valence-corrected chi connectivity index (χ1v) is 10.3. The fourth-order valence-electron chi connectivity index (χ4n) is 3.79. The minimum Gasteiger partial charge on any atom is -0.493 e. The third-order valence-electron chi connectivity index (χ3n) is 5.43. The summed E-state index contributed by atoms with van der Waals surface area (Å²) < 4.78 is 15.9. The normalized spacial score (nSPS) is 16.2. The smallest absolute Gasteiger partial charge is 0.306 e. The van der Waals surface area contributed by atoms with Gasteiger partial charge in [-0.15, -0.1) is 0 Å². The zero-order valence-electron chi connectivity index (χ0n) is 17.8. The topological polar surface area (TPSA) is 73.9 Å². The molecule has 1 aliphatic carbocycles. The highest BCUT2D eigenvalue weighted by molar-refractivity contribution is 5.83. The van der Waals surface area contributed by atoms with Crippen LogP contribution in [-0.2, 0) is 27.2 Å². The number of fused-ring (bicyclic) bond motifs is 1. The molecule has 6 heteroatoms. The number of aryl methyl sites for hydroxylation is 2. The average Bonchev–Trinajstić information content (AvgIpc) is 2.77. The van der Waals surface area contributed by atoms with E-state index in [-0.39, 0.29) is 18.4 Å². The van der Waals surface area contributed by atoms with Gasteiger partial charge in [0.05, 0.1) is 20.3 Å². The third-order valence-corrected chi connectivity index (χ3v) is 5.43. The zero-order chi connectivity index (χ0) is 21.5. The van der Waals surface area contributed by atoms with Gasteiger partial charge in [-0.1, -0.05) is 30.3 Å². The van der Waals surface area contributed by atoms with Crippen molar-refractivity contribution in [2.45, 2.75) is 51.2 Å². The van der Waals surface area contributed by atoms with Crippen LogP contribution in [0.3, 0.4) is 0 Å². The van der Waals surface area contributed by atoms with Gasteiger partial charge in [-0.25, -0.2) is 0 Å². The van der Waals surface area contributed by atoms with Crippen LogP contribution in [0.25, 0.3) is 0 Å². The molecule has 1 amide bonds. The van der Waals surface area contributed by atoms with E-state index in [1.165, 1.54) is 5.56 Å². The van der Waals surface area contributed by atoms with Crippen LogP contribution < -0.4 is 14.8 Å². The fraction of sp³-hybridized carbons (Fsp3) is 0.417. The van der Waals surface area contributed by atoms with Crippen LogP contribution in [-0.4, -0.2) is 32.2 Å². The van der Waals surface area contributed by atoms with Gasteiger partial charge in [-0.05, 0) is 61.4 Å². The molecule has 1 aliphatic rings. The number of amides is 1. The van der Waals surface area contributed by atoms with Crippen LogP contribution in [0.4, 0.5) is 0 Å². The van der Waals surface area contributed by atoms with Crippen molar-refractivity contribution < 1.29 is 23.8 Å². The molecule has 0 bridgehead atoms. The molecular weight excluding hydrogens is 382 g/mol. The molecule has 0 spiro atoms. The predicted molar refractivity (Wildman–Crippen MR) is 114 cm³/mol. The number of esters is 1. The van der Waals surface area contributed by atoms with E-state index in [0.29, 0.717) is 17.9 Å². The molecule has 3 rings (SSSR count). The molecule has 2 aromatic rings. The largest absolute Gasteiger partial charge is 0.493 e. The highest BCUT2D eigenvalue weighted by Crippen LogP contribution is 2.30. The maximum atomic E-state index is 12.6. The van der Waals surface area contributed by atoms with E-state index in [1.807, 2.05) is 24.3 Å². The van der Waals surface area contributed by atoms with Gasteiger partial charge < -0.3 is 19.5 Å². The van der Waals surface area contributed by atoms with Crippen molar-refractivity contribution in [2.75, 3.05) is 14.2 Å². The molecule has 160 valence electrons. The molecule has 0 saturated carbocycles. The molecule has 1 N–H and O–H groups in total. The Kier molecular flexibility index (Phi) is 7.33. The summed E-state index contributed by atoms with van der Waals surface area (Å²) in [5.41, 5.74) is 3.36. The summed E-state index contributed by atoms with van der Waals surface area (Å²) in [6, 6.07) is 13.7. The molecule has 0 saturated heterocycles. The van der Waals surface area contributed by atoms with Crippen molar-refractivity contribution in [3.05, 3.63) is 59.2 Å². The summed E-state index contributed by atoms with van der Waals surface area (Å²) in [4.78, 5) is 24.8. The Morgan fingerprint density at radius 1 is 1.10 bits per heavy atom. The molecule has 2 atom stereocenters. The second-order valence-electron chi connectivity index (χ2n) is 7.47. The van der Waals surface area contributed by atoms with Crippen LogP contribution in [0, 0.1) is 0 Å². The second kappa shape index (κ2) is 10.1. The number of rotatable bonds is 8. The Balaban J connectivity index is 1.50. The van der Waals surface area contributed by atoms with Gasteiger partial charge in [0, 0.05) is 6.42 Å². The van der Waals surface area contributed by atoms with E-state index >= 15 is 0 Å². The Morgan fingerprint density at radius 2 is 1.87 bits per heavy atom. The van der Waals surface area contributed by atoms with Crippen molar-refractivity contribution >= 4 is 11.9 Å². The van der Waals surface area contributed by atoms with Crippen LogP contribution in [0.5, 0.6) is 11.5 Å². The van der Waals surface area contributed by atoms with Crippen molar-refractivity contribution in [1.29, 1.82) is 0 Å². The quantitative estimate of drug-likeness (QED) is 0.670. The Hall–Kier alpha value is -3.02. The standard InChI is InChI=1S/C24H29NO5/c1-16(24(27)25-20-10-6-8-18-7-4-5-9-19(18)20)30-23(26)14-12-17-11-13-21(28-2)22(15-17)29-3/h4-5,7,9,11,13,15-16,20H,6,8,10,12,14H2,1-3H3,(H,25,27)/t16-,20-/m1/s1. The Labute approximate surface area is 177 Å². The molecule has 0 heterocycles. The summed E-state index contributed by atoms with van der Waals surface area (Å²) >= 11 is 0. The van der Waals surface area contributed by atoms with E-state index < -0.39 is 12.1 Å². The van der Waals surface area contributed by atoms with Gasteiger partial charge in [-0.2, -0.15) is 0 Å². The van der Waals surface area contributed by atoms with E-state index in [9.17, 15) is 9.59 Å². The van der Waals surface area contributed by atoms with E-state index in [1.54, 1.807) is 27.2 Å². The van der Waals surface area contributed by atoms with Crippen LogP contribution in [0.2, 0.25) is 0 Å². The maximum absolute atomic E-state index is 12.6. The second-order valence-corrected chi connectivity index (χ2v) is 7.47. The minimum atomic E-state index is -0.836. The SMILES string of the molecule is COc1ccc(CCC(=O)O[C@H](C)C(=O)N[C@@H]2CCCc3ccccc32)cc1OC. The highest BCUT2D eigenvalue weighted by atomic mass is 16.5. The number of nitrogens with one attached hydrogen (secondary N) is 1. The Morgan fingerprint density at radius 3 is 2.63 bits per heavy atom. The molecule has 0 aromatic heterocycles. The van der Waals surface area contributed by atoms with Gasteiger partial charge in [0.15, 0.2) is 17.6 Å². The average molecular weight is 411 g/mol. The van der Waals surface area contributed by atoms with Crippen molar-refractivity contribution in [2.24, 2.45) is 0 Å². The minimum absolute atomic E-state index is 0.0321. The van der Waals surface area contributed by atoms with Gasteiger partial charge in [-0.3, -0.25) is 9.59 Å². The van der Waals surface area contributed by atoms with Crippen molar-refractivity contribution in [3.63, 3.8) is 0 Å². The number of benzene rings is 2. The number of methoxy groups -OCH3 is 2. The maximum Gasteiger partial charge on any atom is 0.306 e. The molecule has 0 unspecified atom stereocenters. The first-order chi connectivity index (χ1) is 14.5. The fourth-order valence-corrected chi connectivity index (χ4v) is 3.79. The van der Waals surface area contributed by atoms with Gasteiger partial charge in [0.25, 0.3) is 5.91 Å². The van der Waals surface area contributed by atoms with Gasteiger partial charge in [0.2, 0.25) is 0 Å². The first-order valence-electron chi connectivity index (χ1n) is 10.3. The molecular formula is C24H29NO5. The lowest BCUT2D eigenvalue weighted by molar-refractivity contribution is -0.155. The van der Waals surface area contributed by atoms with Crippen LogP contribution in [0.1, 0.15) is 48.9 Å². The number of carbonyl (C=O) groups is 2. The monoisotopic (exact) mass is 411 g/mol. The summed E-state index contributed by atoms with van der Waals surface area (Å²) in [7, 11) is 3.15. The lowest BCUT2D eigenvalue weighted by Crippen LogP contribution is -2.39. The van der Waals surface area contributed by atoms with Gasteiger partial charge >= 0.3 is 5.97 Å². The van der Waals surface area contributed by atoms with E-state index in [2.05, 4.69) is 17.4 Å². The molecule has 0 fully saturated rings. The number of hydrogen-bond acceptors (Lipinski definition) is 5. The van der Waals surface area contributed by atoms with Crippen LogP contribution >= 0.6 is 0 Å². The number of hydrogen-bond donors (Lipinski definition) is 1. The Bertz CT molecular complexity index is 895. The molecule has 0 radical (unpaired) electrons. The van der Waals surface area contributed by atoms with E-state index in [0.717, 1.165) is 30.4 Å². The van der Waals surface area contributed by atoms with Crippen LogP contribution in [0.15, 0.2) is 42.5 Å². The molecule has 2 aromatic carbocycles. The third kappa shape index (κ3) is 5.32. The summed E-state index contributed by atoms with van der Waals surface area (Å²) in [6.07, 6.45) is 2.79. The zero-order valence-corrected chi connectivity index (χ0v) is 17.8. The summed E-state index contributed by atoms with van der Waals surface area (Å²) in [6.45, 7) is 1.61. The summed E-state index contributed by atoms with van der Waals surface area (Å²) in [5.74, 6) is 0.579. The first kappa shape index (κ1) is 21.7. The molecule has 6 nitrogen and oxygen atoms in total. The van der Waals surface area contributed by atoms with Gasteiger partial charge in [0.1, 0.15) is 0 Å².